The third-order valence-corrected chi connectivity index (χ3v) is 4.30. The van der Waals surface area contributed by atoms with Crippen LogP contribution in [0, 0.1) is 0 Å². The normalized spacial score (nSPS) is 10.9. The molecule has 0 spiro atoms. The van der Waals surface area contributed by atoms with Crippen LogP contribution >= 0.6 is 22.9 Å². The lowest BCUT2D eigenvalue weighted by Gasteiger charge is -2.04. The summed E-state index contributed by atoms with van der Waals surface area (Å²) < 4.78 is 1.32. The minimum Gasteiger partial charge on any atom is -0.398 e. The second-order valence-electron chi connectivity index (χ2n) is 4.27. The van der Waals surface area contributed by atoms with Gasteiger partial charge >= 0.3 is 0 Å². The monoisotopic (exact) mass is 273 g/mol. The van der Waals surface area contributed by atoms with Crippen molar-refractivity contribution >= 4 is 38.7 Å². The summed E-state index contributed by atoms with van der Waals surface area (Å²) in [6, 6.07) is 16.4. The number of fused-ring (bicyclic) bond motifs is 1. The fraction of sp³-hybridized carbons (Fsp3) is 0.0667. The number of hydrogen-bond acceptors (Lipinski definition) is 2. The Hall–Kier alpha value is -1.51. The molecular weight excluding hydrogens is 262 g/mol. The largest absolute Gasteiger partial charge is 0.398 e. The Bertz CT molecular complexity index is 670. The van der Waals surface area contributed by atoms with Crippen LogP contribution in [0.3, 0.4) is 0 Å². The Kier molecular flexibility index (Phi) is 2.98. The standard InChI is InChI=1S/C15H12ClNS/c16-12-6-5-10(14(17)9-12)7-13-8-11-3-1-2-4-15(11)18-13/h1-6,8-9H,7,17H2. The zero-order valence-corrected chi connectivity index (χ0v) is 11.3. The lowest BCUT2D eigenvalue weighted by atomic mass is 10.1. The summed E-state index contributed by atoms with van der Waals surface area (Å²) in [4.78, 5) is 1.32. The van der Waals surface area contributed by atoms with E-state index in [4.69, 9.17) is 17.3 Å². The first kappa shape index (κ1) is 11.6. The van der Waals surface area contributed by atoms with E-state index in [1.165, 1.54) is 15.0 Å². The number of anilines is 1. The predicted molar refractivity (Wildman–Crippen MR) is 80.5 cm³/mol. The predicted octanol–water partition coefficient (Wildman–Crippen LogP) is 4.73. The molecule has 0 radical (unpaired) electrons. The number of nitrogens with two attached hydrogens (primary N) is 1. The molecule has 0 bridgehead atoms. The number of rotatable bonds is 2. The molecule has 2 N–H and O–H groups in total. The highest BCUT2D eigenvalue weighted by atomic mass is 35.5. The van der Waals surface area contributed by atoms with Crippen LogP contribution in [0.1, 0.15) is 10.4 Å². The van der Waals surface area contributed by atoms with Gasteiger partial charge in [-0.05, 0) is 35.2 Å². The molecule has 0 fully saturated rings. The summed E-state index contributed by atoms with van der Waals surface area (Å²) in [5.74, 6) is 0. The van der Waals surface area contributed by atoms with Crippen molar-refractivity contribution < 1.29 is 0 Å². The van der Waals surface area contributed by atoms with Crippen LogP contribution in [0.5, 0.6) is 0 Å². The molecule has 0 saturated heterocycles. The van der Waals surface area contributed by atoms with Crippen LogP contribution in [0.15, 0.2) is 48.5 Å². The first-order valence-corrected chi connectivity index (χ1v) is 6.93. The fourth-order valence-corrected chi connectivity index (χ4v) is 3.31. The first-order valence-electron chi connectivity index (χ1n) is 5.74. The van der Waals surface area contributed by atoms with Gasteiger partial charge in [0.05, 0.1) is 0 Å². The van der Waals surface area contributed by atoms with Crippen LogP contribution in [-0.2, 0) is 6.42 Å². The second kappa shape index (κ2) is 4.63. The molecule has 0 aliphatic carbocycles. The van der Waals surface area contributed by atoms with Gasteiger partial charge in [0.2, 0.25) is 0 Å². The minimum atomic E-state index is 0.688. The first-order chi connectivity index (χ1) is 8.72. The van der Waals surface area contributed by atoms with E-state index in [2.05, 4.69) is 30.3 Å². The Labute approximate surface area is 115 Å². The van der Waals surface area contributed by atoms with Crippen molar-refractivity contribution in [3.63, 3.8) is 0 Å². The number of hydrogen-bond donors (Lipinski definition) is 1. The van der Waals surface area contributed by atoms with Crippen molar-refractivity contribution in [1.82, 2.24) is 0 Å². The number of thiophene rings is 1. The third-order valence-electron chi connectivity index (χ3n) is 2.95. The summed E-state index contributed by atoms with van der Waals surface area (Å²) in [6.45, 7) is 0. The fourth-order valence-electron chi connectivity index (χ4n) is 2.04. The zero-order chi connectivity index (χ0) is 12.5. The molecular formula is C15H12ClNS. The summed E-state index contributed by atoms with van der Waals surface area (Å²) in [7, 11) is 0. The number of nitrogen functional groups attached to an aromatic ring is 1. The zero-order valence-electron chi connectivity index (χ0n) is 9.69. The smallest absolute Gasteiger partial charge is 0.0426 e. The molecule has 0 aliphatic heterocycles. The van der Waals surface area contributed by atoms with Crippen LogP contribution in [0.25, 0.3) is 10.1 Å². The van der Waals surface area contributed by atoms with Crippen molar-refractivity contribution in [2.45, 2.75) is 6.42 Å². The van der Waals surface area contributed by atoms with E-state index in [-0.39, 0.29) is 0 Å². The van der Waals surface area contributed by atoms with Crippen molar-refractivity contribution in [2.75, 3.05) is 5.73 Å². The summed E-state index contributed by atoms with van der Waals surface area (Å²) in [5, 5.41) is 1.98. The minimum absolute atomic E-state index is 0.688. The van der Waals surface area contributed by atoms with E-state index in [0.29, 0.717) is 5.02 Å². The SMILES string of the molecule is Nc1cc(Cl)ccc1Cc1cc2ccccc2s1. The van der Waals surface area contributed by atoms with E-state index in [0.717, 1.165) is 17.7 Å². The van der Waals surface area contributed by atoms with E-state index in [9.17, 15) is 0 Å². The molecule has 1 aromatic heterocycles. The molecule has 0 aliphatic rings. The highest BCUT2D eigenvalue weighted by Crippen LogP contribution is 2.29. The maximum absolute atomic E-state index is 5.98. The van der Waals surface area contributed by atoms with Crippen molar-refractivity contribution in [2.24, 2.45) is 0 Å². The number of benzene rings is 2. The van der Waals surface area contributed by atoms with E-state index in [1.807, 2.05) is 29.5 Å². The van der Waals surface area contributed by atoms with Crippen molar-refractivity contribution in [3.05, 3.63) is 64.0 Å². The summed E-state index contributed by atoms with van der Waals surface area (Å²) >= 11 is 7.72. The van der Waals surface area contributed by atoms with E-state index in [1.54, 1.807) is 0 Å². The molecule has 2 aromatic carbocycles. The lowest BCUT2D eigenvalue weighted by molar-refractivity contribution is 1.25. The lowest BCUT2D eigenvalue weighted by Crippen LogP contribution is -1.93. The van der Waals surface area contributed by atoms with E-state index < -0.39 is 0 Å². The average molecular weight is 274 g/mol. The molecule has 0 unspecified atom stereocenters. The molecule has 0 saturated carbocycles. The van der Waals surface area contributed by atoms with Gasteiger partial charge in [0.1, 0.15) is 0 Å². The Morgan fingerprint density at radius 3 is 2.67 bits per heavy atom. The Balaban J connectivity index is 1.96. The molecule has 3 heteroatoms. The highest BCUT2D eigenvalue weighted by molar-refractivity contribution is 7.19. The maximum Gasteiger partial charge on any atom is 0.0426 e. The number of halogens is 1. The van der Waals surface area contributed by atoms with Gasteiger partial charge in [-0.15, -0.1) is 11.3 Å². The van der Waals surface area contributed by atoms with E-state index >= 15 is 0 Å². The van der Waals surface area contributed by atoms with Crippen LogP contribution < -0.4 is 5.73 Å². The van der Waals surface area contributed by atoms with Gasteiger partial charge in [0.25, 0.3) is 0 Å². The highest BCUT2D eigenvalue weighted by Gasteiger charge is 2.05. The van der Waals surface area contributed by atoms with Crippen molar-refractivity contribution in [1.29, 1.82) is 0 Å². The average Bonchev–Trinajstić information content (AvgIpc) is 2.75. The van der Waals surface area contributed by atoms with Crippen LogP contribution in [0.2, 0.25) is 5.02 Å². The summed E-state index contributed by atoms with van der Waals surface area (Å²) in [5.41, 5.74) is 7.88. The summed E-state index contributed by atoms with van der Waals surface area (Å²) in [6.07, 6.45) is 0.863. The molecule has 90 valence electrons. The van der Waals surface area contributed by atoms with Gasteiger partial charge < -0.3 is 5.73 Å². The molecule has 0 amide bonds. The van der Waals surface area contributed by atoms with Gasteiger partial charge in [-0.3, -0.25) is 0 Å². The molecule has 3 rings (SSSR count). The van der Waals surface area contributed by atoms with Gasteiger partial charge in [0, 0.05) is 26.7 Å². The molecule has 1 heterocycles. The van der Waals surface area contributed by atoms with Gasteiger partial charge in [-0.2, -0.15) is 0 Å². The van der Waals surface area contributed by atoms with Gasteiger partial charge in [-0.25, -0.2) is 0 Å². The van der Waals surface area contributed by atoms with Crippen LogP contribution in [-0.4, -0.2) is 0 Å². The third kappa shape index (κ3) is 2.22. The van der Waals surface area contributed by atoms with Gasteiger partial charge in [-0.1, -0.05) is 35.9 Å². The molecule has 3 aromatic rings. The Morgan fingerprint density at radius 1 is 1.06 bits per heavy atom. The second-order valence-corrected chi connectivity index (χ2v) is 5.88. The molecule has 0 atom stereocenters. The quantitative estimate of drug-likeness (QED) is 0.671. The Morgan fingerprint density at radius 2 is 1.89 bits per heavy atom. The topological polar surface area (TPSA) is 26.0 Å². The van der Waals surface area contributed by atoms with Crippen LogP contribution in [0.4, 0.5) is 5.69 Å². The maximum atomic E-state index is 5.98. The molecule has 18 heavy (non-hydrogen) atoms. The van der Waals surface area contributed by atoms with Gasteiger partial charge in [0.15, 0.2) is 0 Å². The molecule has 1 nitrogen and oxygen atoms in total. The van der Waals surface area contributed by atoms with Crippen molar-refractivity contribution in [3.8, 4) is 0 Å².